The van der Waals surface area contributed by atoms with Gasteiger partial charge in [0.1, 0.15) is 5.82 Å². The zero-order chi connectivity index (χ0) is 13.1. The minimum Gasteiger partial charge on any atom is -0.389 e. The van der Waals surface area contributed by atoms with E-state index in [-0.39, 0.29) is 11.6 Å². The molecule has 1 unspecified atom stereocenters. The molecule has 0 saturated carbocycles. The van der Waals surface area contributed by atoms with Gasteiger partial charge in [-0.25, -0.2) is 18.1 Å². The monoisotopic (exact) mass is 261 g/mol. The lowest BCUT2D eigenvalue weighted by Gasteiger charge is -2.21. The maximum atomic E-state index is 11.8. The van der Waals surface area contributed by atoms with E-state index in [1.165, 1.54) is 6.20 Å². The Morgan fingerprint density at radius 3 is 2.65 bits per heavy atom. The van der Waals surface area contributed by atoms with Gasteiger partial charge in [0.25, 0.3) is 10.0 Å². The summed E-state index contributed by atoms with van der Waals surface area (Å²) >= 11 is 0. The number of nitrogens with one attached hydrogen (secondary N) is 2. The zero-order valence-electron chi connectivity index (χ0n) is 10.3. The zero-order valence-corrected chi connectivity index (χ0v) is 11.1. The van der Waals surface area contributed by atoms with Crippen LogP contribution in [0.25, 0.3) is 0 Å². The van der Waals surface area contributed by atoms with Crippen LogP contribution in [0.4, 0.5) is 0 Å². The van der Waals surface area contributed by atoms with Crippen molar-refractivity contribution in [1.29, 1.82) is 0 Å². The number of sulfonamides is 1. The van der Waals surface area contributed by atoms with Gasteiger partial charge >= 0.3 is 0 Å². The molecule has 0 saturated heterocycles. The number of H-pyrrole nitrogens is 1. The molecule has 7 heteroatoms. The number of aromatic nitrogens is 2. The van der Waals surface area contributed by atoms with E-state index < -0.39 is 15.6 Å². The van der Waals surface area contributed by atoms with Crippen LogP contribution in [0.3, 0.4) is 0 Å². The summed E-state index contributed by atoms with van der Waals surface area (Å²) in [5, 5.41) is 9.76. The van der Waals surface area contributed by atoms with Crippen molar-refractivity contribution in [1.82, 2.24) is 14.7 Å². The number of aliphatic hydroxyl groups is 1. The van der Waals surface area contributed by atoms with Gasteiger partial charge in [-0.05, 0) is 13.3 Å². The summed E-state index contributed by atoms with van der Waals surface area (Å²) in [6.45, 7) is 5.23. The first-order valence-corrected chi connectivity index (χ1v) is 7.05. The molecule has 0 aliphatic heterocycles. The fourth-order valence-corrected chi connectivity index (χ4v) is 2.21. The standard InChI is InChI=1S/C10H19N3O3S/c1-4-8-11-6-9(13-8)17(15,16)12-7-10(3,14)5-2/h6,12,14H,4-5,7H2,1-3H3,(H,11,13). The second-order valence-corrected chi connectivity index (χ2v) is 5.96. The quantitative estimate of drug-likeness (QED) is 0.691. The van der Waals surface area contributed by atoms with Crippen LogP contribution >= 0.6 is 0 Å². The average Bonchev–Trinajstić information content (AvgIpc) is 2.76. The van der Waals surface area contributed by atoms with E-state index in [1.54, 1.807) is 13.8 Å². The van der Waals surface area contributed by atoms with Gasteiger partial charge in [0.05, 0.1) is 11.8 Å². The maximum Gasteiger partial charge on any atom is 0.257 e. The first-order valence-electron chi connectivity index (χ1n) is 5.56. The van der Waals surface area contributed by atoms with Gasteiger partial charge in [0, 0.05) is 13.0 Å². The predicted octanol–water partition coefficient (Wildman–Crippen LogP) is 0.411. The highest BCUT2D eigenvalue weighted by molar-refractivity contribution is 7.89. The van der Waals surface area contributed by atoms with Crippen molar-refractivity contribution >= 4 is 10.0 Å². The van der Waals surface area contributed by atoms with Crippen molar-refractivity contribution in [2.75, 3.05) is 6.54 Å². The SMILES string of the molecule is CCc1ncc(S(=O)(=O)NCC(C)(O)CC)[nH]1. The first-order chi connectivity index (χ1) is 7.80. The van der Waals surface area contributed by atoms with Crippen LogP contribution in [-0.4, -0.2) is 35.6 Å². The Balaban J connectivity index is 2.76. The molecule has 0 bridgehead atoms. The predicted molar refractivity (Wildman–Crippen MR) is 64.1 cm³/mol. The second kappa shape index (κ2) is 5.16. The highest BCUT2D eigenvalue weighted by atomic mass is 32.2. The van der Waals surface area contributed by atoms with Gasteiger partial charge in [-0.2, -0.15) is 0 Å². The molecule has 1 aromatic rings. The first kappa shape index (κ1) is 14.1. The molecule has 1 heterocycles. The highest BCUT2D eigenvalue weighted by Crippen LogP contribution is 2.10. The van der Waals surface area contributed by atoms with Gasteiger partial charge < -0.3 is 10.1 Å². The van der Waals surface area contributed by atoms with E-state index in [1.807, 2.05) is 6.92 Å². The molecular weight excluding hydrogens is 242 g/mol. The van der Waals surface area contributed by atoms with E-state index in [9.17, 15) is 13.5 Å². The van der Waals surface area contributed by atoms with Crippen molar-refractivity contribution in [2.24, 2.45) is 0 Å². The molecule has 6 nitrogen and oxygen atoms in total. The molecule has 0 fully saturated rings. The van der Waals surface area contributed by atoms with Crippen molar-refractivity contribution < 1.29 is 13.5 Å². The molecule has 1 aromatic heterocycles. The maximum absolute atomic E-state index is 11.8. The van der Waals surface area contributed by atoms with E-state index in [2.05, 4.69) is 14.7 Å². The fraction of sp³-hybridized carbons (Fsp3) is 0.700. The van der Waals surface area contributed by atoms with Crippen LogP contribution in [0, 0.1) is 0 Å². The second-order valence-electron chi connectivity index (χ2n) is 4.22. The Labute approximate surface area is 102 Å². The van der Waals surface area contributed by atoms with Crippen LogP contribution in [0.1, 0.15) is 33.0 Å². The number of rotatable bonds is 6. The molecule has 0 aliphatic carbocycles. The largest absolute Gasteiger partial charge is 0.389 e. The van der Waals surface area contributed by atoms with Crippen molar-refractivity contribution in [3.63, 3.8) is 0 Å². The minimum absolute atomic E-state index is 0.0215. The van der Waals surface area contributed by atoms with E-state index in [0.29, 0.717) is 18.7 Å². The molecule has 0 aliphatic rings. The summed E-state index contributed by atoms with van der Waals surface area (Å²) in [5.41, 5.74) is -1.04. The lowest BCUT2D eigenvalue weighted by molar-refractivity contribution is 0.0613. The van der Waals surface area contributed by atoms with Crippen LogP contribution < -0.4 is 4.72 Å². The summed E-state index contributed by atoms with van der Waals surface area (Å²) < 4.78 is 26.0. The van der Waals surface area contributed by atoms with E-state index >= 15 is 0 Å². The average molecular weight is 261 g/mol. The number of imidazole rings is 1. The Morgan fingerprint density at radius 2 is 2.18 bits per heavy atom. The normalized spacial score (nSPS) is 15.8. The lowest BCUT2D eigenvalue weighted by atomic mass is 10.1. The van der Waals surface area contributed by atoms with Crippen LogP contribution in [0.5, 0.6) is 0 Å². The Bertz CT molecular complexity index is 465. The number of hydrogen-bond donors (Lipinski definition) is 3. The molecule has 0 amide bonds. The molecule has 3 N–H and O–H groups in total. The molecule has 1 rings (SSSR count). The van der Waals surface area contributed by atoms with Crippen LogP contribution in [0.15, 0.2) is 11.2 Å². The van der Waals surface area contributed by atoms with Crippen molar-refractivity contribution in [3.05, 3.63) is 12.0 Å². The smallest absolute Gasteiger partial charge is 0.257 e. The summed E-state index contributed by atoms with van der Waals surface area (Å²) in [4.78, 5) is 6.64. The number of aryl methyl sites for hydroxylation is 1. The molecular formula is C10H19N3O3S. The molecule has 0 aromatic carbocycles. The molecule has 1 atom stereocenters. The van der Waals surface area contributed by atoms with E-state index in [0.717, 1.165) is 0 Å². The molecule has 0 spiro atoms. The van der Waals surface area contributed by atoms with Gasteiger partial charge in [-0.1, -0.05) is 13.8 Å². The summed E-state index contributed by atoms with van der Waals surface area (Å²) in [7, 11) is -3.62. The van der Waals surface area contributed by atoms with Gasteiger partial charge in [-0.3, -0.25) is 0 Å². The summed E-state index contributed by atoms with van der Waals surface area (Å²) in [6, 6.07) is 0. The van der Waals surface area contributed by atoms with Crippen molar-refractivity contribution in [2.45, 2.75) is 44.2 Å². The third-order valence-electron chi connectivity index (χ3n) is 2.63. The third-order valence-corrected chi connectivity index (χ3v) is 3.95. The number of hydrogen-bond acceptors (Lipinski definition) is 4. The Kier molecular flexibility index (Phi) is 4.29. The lowest BCUT2D eigenvalue weighted by Crippen LogP contribution is -2.40. The molecule has 0 radical (unpaired) electrons. The van der Waals surface area contributed by atoms with Crippen LogP contribution in [0.2, 0.25) is 0 Å². The molecule has 17 heavy (non-hydrogen) atoms. The third kappa shape index (κ3) is 3.79. The summed E-state index contributed by atoms with van der Waals surface area (Å²) in [6.07, 6.45) is 2.39. The topological polar surface area (TPSA) is 95.1 Å². The van der Waals surface area contributed by atoms with Gasteiger partial charge in [-0.15, -0.1) is 0 Å². The van der Waals surface area contributed by atoms with Crippen molar-refractivity contribution in [3.8, 4) is 0 Å². The fourth-order valence-electron chi connectivity index (χ4n) is 1.11. The van der Waals surface area contributed by atoms with Crippen LogP contribution in [-0.2, 0) is 16.4 Å². The van der Waals surface area contributed by atoms with Gasteiger partial charge in [0.2, 0.25) is 0 Å². The Morgan fingerprint density at radius 1 is 1.53 bits per heavy atom. The number of aromatic amines is 1. The van der Waals surface area contributed by atoms with E-state index in [4.69, 9.17) is 0 Å². The molecule has 98 valence electrons. The Hall–Kier alpha value is -0.920. The minimum atomic E-state index is -3.62. The van der Waals surface area contributed by atoms with Gasteiger partial charge in [0.15, 0.2) is 5.03 Å². The highest BCUT2D eigenvalue weighted by Gasteiger charge is 2.23. The number of nitrogens with zero attached hydrogens (tertiary/aromatic N) is 1. The summed E-state index contributed by atoms with van der Waals surface area (Å²) in [5.74, 6) is 0.618.